The number of benzene rings is 1. The first-order chi connectivity index (χ1) is 8.79. The maximum atomic E-state index is 9.88. The Morgan fingerprint density at radius 1 is 1.22 bits per heavy atom. The van der Waals surface area contributed by atoms with Crippen LogP contribution >= 0.6 is 0 Å². The van der Waals surface area contributed by atoms with Crippen LogP contribution in [0.1, 0.15) is 23.1 Å². The summed E-state index contributed by atoms with van der Waals surface area (Å²) in [4.78, 5) is 0. The molecule has 0 spiro atoms. The van der Waals surface area contributed by atoms with Crippen molar-refractivity contribution in [1.29, 1.82) is 0 Å². The summed E-state index contributed by atoms with van der Waals surface area (Å²) in [6.45, 7) is 1.49. The number of methoxy groups -OCH3 is 1. The van der Waals surface area contributed by atoms with Crippen LogP contribution in [0.25, 0.3) is 0 Å². The van der Waals surface area contributed by atoms with Crippen LogP contribution in [0.3, 0.4) is 0 Å². The number of fused-ring (bicyclic) bond motifs is 1. The Morgan fingerprint density at radius 3 is 2.89 bits per heavy atom. The average molecular weight is 250 g/mol. The SMILES string of the molecule is COCCOCC(O)Cc1ccc2c(c1)CCC2. The molecule has 0 aromatic heterocycles. The summed E-state index contributed by atoms with van der Waals surface area (Å²) in [6.07, 6.45) is 3.89. The second-order valence-corrected chi connectivity index (χ2v) is 4.88. The van der Waals surface area contributed by atoms with Crippen LogP contribution in [0, 0.1) is 0 Å². The van der Waals surface area contributed by atoms with Crippen LogP contribution in [0.4, 0.5) is 0 Å². The number of aliphatic hydroxyl groups is 1. The minimum atomic E-state index is -0.429. The minimum absolute atomic E-state index is 0.375. The summed E-state index contributed by atoms with van der Waals surface area (Å²) in [6, 6.07) is 6.57. The molecule has 1 aliphatic rings. The van der Waals surface area contributed by atoms with Crippen LogP contribution < -0.4 is 0 Å². The van der Waals surface area contributed by atoms with Crippen molar-refractivity contribution in [3.8, 4) is 0 Å². The van der Waals surface area contributed by atoms with Crippen LogP contribution in [-0.4, -0.2) is 38.1 Å². The molecule has 1 aromatic rings. The van der Waals surface area contributed by atoms with E-state index in [0.717, 1.165) is 0 Å². The Labute approximate surface area is 109 Å². The predicted octanol–water partition coefficient (Wildman–Crippen LogP) is 1.74. The third-order valence-electron chi connectivity index (χ3n) is 3.38. The molecule has 3 heteroatoms. The average Bonchev–Trinajstić information content (AvgIpc) is 2.82. The van der Waals surface area contributed by atoms with Crippen molar-refractivity contribution in [3.05, 3.63) is 34.9 Å². The maximum absolute atomic E-state index is 9.88. The molecule has 2 rings (SSSR count). The smallest absolute Gasteiger partial charge is 0.0813 e. The Kier molecular flexibility index (Phi) is 5.17. The maximum Gasteiger partial charge on any atom is 0.0813 e. The first kappa shape index (κ1) is 13.5. The predicted molar refractivity (Wildman–Crippen MR) is 70.9 cm³/mol. The van der Waals surface area contributed by atoms with E-state index in [2.05, 4.69) is 18.2 Å². The standard InChI is InChI=1S/C15H22O3/c1-17-7-8-18-11-15(16)10-12-5-6-13-3-2-4-14(13)9-12/h5-6,9,15-16H,2-4,7-8,10-11H2,1H3. The number of rotatable bonds is 7. The topological polar surface area (TPSA) is 38.7 Å². The van der Waals surface area contributed by atoms with Crippen LogP contribution in [0.15, 0.2) is 18.2 Å². The number of aliphatic hydroxyl groups excluding tert-OH is 1. The second kappa shape index (κ2) is 6.88. The van der Waals surface area contributed by atoms with Crippen LogP contribution in [-0.2, 0) is 28.7 Å². The quantitative estimate of drug-likeness (QED) is 0.749. The molecule has 3 nitrogen and oxygen atoms in total. The number of hydrogen-bond donors (Lipinski definition) is 1. The minimum Gasteiger partial charge on any atom is -0.390 e. The van der Waals surface area contributed by atoms with E-state index in [0.29, 0.717) is 26.2 Å². The Morgan fingerprint density at radius 2 is 2.06 bits per heavy atom. The van der Waals surface area contributed by atoms with E-state index >= 15 is 0 Å². The summed E-state index contributed by atoms with van der Waals surface area (Å²) in [5, 5.41) is 9.88. The molecule has 0 radical (unpaired) electrons. The van der Waals surface area contributed by atoms with Gasteiger partial charge in [0.05, 0.1) is 25.9 Å². The molecule has 0 amide bonds. The largest absolute Gasteiger partial charge is 0.390 e. The van der Waals surface area contributed by atoms with Gasteiger partial charge in [-0.05, 0) is 36.0 Å². The van der Waals surface area contributed by atoms with Gasteiger partial charge in [0.15, 0.2) is 0 Å². The first-order valence-electron chi connectivity index (χ1n) is 6.65. The van der Waals surface area contributed by atoms with Gasteiger partial charge in [0.1, 0.15) is 0 Å². The molecule has 0 heterocycles. The summed E-state index contributed by atoms with van der Waals surface area (Å²) in [5.41, 5.74) is 4.14. The normalized spacial score (nSPS) is 15.7. The highest BCUT2D eigenvalue weighted by Crippen LogP contribution is 2.23. The number of aryl methyl sites for hydroxylation is 2. The fourth-order valence-corrected chi connectivity index (χ4v) is 2.44. The highest BCUT2D eigenvalue weighted by molar-refractivity contribution is 5.35. The zero-order chi connectivity index (χ0) is 12.8. The van der Waals surface area contributed by atoms with Gasteiger partial charge in [0.25, 0.3) is 0 Å². The van der Waals surface area contributed by atoms with Crippen molar-refractivity contribution in [2.24, 2.45) is 0 Å². The van der Waals surface area contributed by atoms with E-state index in [1.165, 1.54) is 36.0 Å². The fourth-order valence-electron chi connectivity index (χ4n) is 2.44. The first-order valence-corrected chi connectivity index (χ1v) is 6.65. The molecule has 1 atom stereocenters. The molecular weight excluding hydrogens is 228 g/mol. The molecule has 100 valence electrons. The molecule has 1 N–H and O–H groups in total. The molecule has 1 aliphatic carbocycles. The Bertz CT molecular complexity index is 376. The summed E-state index contributed by atoms with van der Waals surface area (Å²) < 4.78 is 10.2. The molecule has 0 fully saturated rings. The molecule has 18 heavy (non-hydrogen) atoms. The lowest BCUT2D eigenvalue weighted by Crippen LogP contribution is -2.19. The zero-order valence-corrected chi connectivity index (χ0v) is 11.0. The Balaban J connectivity index is 1.78. The summed E-state index contributed by atoms with van der Waals surface area (Å²) >= 11 is 0. The lowest BCUT2D eigenvalue weighted by molar-refractivity contribution is 0.0137. The van der Waals surface area contributed by atoms with E-state index in [1.807, 2.05) is 0 Å². The van der Waals surface area contributed by atoms with Crippen molar-refractivity contribution in [1.82, 2.24) is 0 Å². The summed E-state index contributed by atoms with van der Waals surface area (Å²) in [5.74, 6) is 0. The van der Waals surface area contributed by atoms with E-state index in [4.69, 9.17) is 9.47 Å². The van der Waals surface area contributed by atoms with Crippen molar-refractivity contribution >= 4 is 0 Å². The van der Waals surface area contributed by atoms with Gasteiger partial charge in [-0.25, -0.2) is 0 Å². The lowest BCUT2D eigenvalue weighted by Gasteiger charge is -2.12. The monoisotopic (exact) mass is 250 g/mol. The van der Waals surface area contributed by atoms with E-state index < -0.39 is 6.10 Å². The summed E-state index contributed by atoms with van der Waals surface area (Å²) in [7, 11) is 1.64. The number of ether oxygens (including phenoxy) is 2. The molecule has 0 aliphatic heterocycles. The molecule has 0 bridgehead atoms. The third kappa shape index (κ3) is 3.80. The van der Waals surface area contributed by atoms with Gasteiger partial charge < -0.3 is 14.6 Å². The van der Waals surface area contributed by atoms with E-state index in [-0.39, 0.29) is 0 Å². The van der Waals surface area contributed by atoms with Gasteiger partial charge in [-0.3, -0.25) is 0 Å². The van der Waals surface area contributed by atoms with Crippen molar-refractivity contribution in [2.45, 2.75) is 31.8 Å². The second-order valence-electron chi connectivity index (χ2n) is 4.88. The van der Waals surface area contributed by atoms with Gasteiger partial charge >= 0.3 is 0 Å². The highest BCUT2D eigenvalue weighted by Gasteiger charge is 2.12. The van der Waals surface area contributed by atoms with Crippen molar-refractivity contribution < 1.29 is 14.6 Å². The zero-order valence-electron chi connectivity index (χ0n) is 11.0. The fraction of sp³-hybridized carbons (Fsp3) is 0.600. The Hall–Kier alpha value is -0.900. The molecule has 1 unspecified atom stereocenters. The van der Waals surface area contributed by atoms with Gasteiger partial charge in [-0.1, -0.05) is 18.2 Å². The third-order valence-corrected chi connectivity index (χ3v) is 3.38. The number of hydrogen-bond acceptors (Lipinski definition) is 3. The van der Waals surface area contributed by atoms with E-state index in [1.54, 1.807) is 7.11 Å². The van der Waals surface area contributed by atoms with E-state index in [9.17, 15) is 5.11 Å². The van der Waals surface area contributed by atoms with Gasteiger partial charge in [-0.15, -0.1) is 0 Å². The van der Waals surface area contributed by atoms with Gasteiger partial charge in [-0.2, -0.15) is 0 Å². The highest BCUT2D eigenvalue weighted by atomic mass is 16.5. The van der Waals surface area contributed by atoms with Crippen molar-refractivity contribution in [3.63, 3.8) is 0 Å². The van der Waals surface area contributed by atoms with Gasteiger partial charge in [0, 0.05) is 13.5 Å². The lowest BCUT2D eigenvalue weighted by atomic mass is 10.0. The molecule has 0 saturated heterocycles. The molecule has 1 aromatic carbocycles. The molecule has 0 saturated carbocycles. The van der Waals surface area contributed by atoms with Crippen LogP contribution in [0.5, 0.6) is 0 Å². The van der Waals surface area contributed by atoms with Crippen LogP contribution in [0.2, 0.25) is 0 Å². The van der Waals surface area contributed by atoms with Gasteiger partial charge in [0.2, 0.25) is 0 Å². The molecular formula is C15H22O3. The van der Waals surface area contributed by atoms with Crippen molar-refractivity contribution in [2.75, 3.05) is 26.9 Å².